The lowest BCUT2D eigenvalue weighted by Gasteiger charge is -2.29. The highest BCUT2D eigenvalue weighted by Crippen LogP contribution is 2.24. The van der Waals surface area contributed by atoms with Gasteiger partial charge in [-0.05, 0) is 81.1 Å². The summed E-state index contributed by atoms with van der Waals surface area (Å²) in [7, 11) is -3.64. The molecule has 6 nitrogen and oxygen atoms in total. The molecule has 1 saturated heterocycles. The third-order valence-electron chi connectivity index (χ3n) is 5.96. The molecule has 0 bridgehead atoms. The molecule has 1 fully saturated rings. The Bertz CT molecular complexity index is 1030. The quantitative estimate of drug-likeness (QED) is 0.655. The van der Waals surface area contributed by atoms with Crippen LogP contribution in [0.3, 0.4) is 0 Å². The fourth-order valence-corrected chi connectivity index (χ4v) is 5.62. The van der Waals surface area contributed by atoms with Crippen LogP contribution in [-0.4, -0.2) is 44.6 Å². The van der Waals surface area contributed by atoms with E-state index in [-0.39, 0.29) is 5.91 Å². The van der Waals surface area contributed by atoms with E-state index in [9.17, 15) is 13.2 Å². The Morgan fingerprint density at radius 1 is 1.03 bits per heavy atom. The molecule has 2 aromatic carbocycles. The Kier molecular flexibility index (Phi) is 7.96. The number of carbonyl (C=O) groups is 1. The van der Waals surface area contributed by atoms with Crippen LogP contribution in [0.5, 0.6) is 0 Å². The molecule has 1 N–H and O–H groups in total. The molecule has 1 aliphatic heterocycles. The van der Waals surface area contributed by atoms with Crippen LogP contribution >= 0.6 is 0 Å². The summed E-state index contributed by atoms with van der Waals surface area (Å²) in [6, 6.07) is 12.9. The van der Waals surface area contributed by atoms with Gasteiger partial charge in [0.15, 0.2) is 0 Å². The van der Waals surface area contributed by atoms with Gasteiger partial charge in [0, 0.05) is 13.1 Å². The molecule has 1 unspecified atom stereocenters. The first kappa shape index (κ1) is 24.3. The van der Waals surface area contributed by atoms with Crippen LogP contribution in [0.25, 0.3) is 0 Å². The minimum atomic E-state index is -3.64. The van der Waals surface area contributed by atoms with Gasteiger partial charge in [0.25, 0.3) is 0 Å². The third kappa shape index (κ3) is 6.33. The number of aryl methyl sites for hydroxylation is 2. The summed E-state index contributed by atoms with van der Waals surface area (Å²) in [5.74, 6) is -0.317. The second kappa shape index (κ2) is 10.5. The number of anilines is 1. The molecular formula is C25H35N3O3S. The predicted molar refractivity (Wildman–Crippen MR) is 130 cm³/mol. The molecule has 1 aliphatic rings. The molecule has 174 valence electrons. The van der Waals surface area contributed by atoms with E-state index in [0.717, 1.165) is 42.6 Å². The van der Waals surface area contributed by atoms with Crippen molar-refractivity contribution in [2.45, 2.75) is 59.2 Å². The Balaban J connectivity index is 1.73. The Labute approximate surface area is 192 Å². The number of nitrogens with one attached hydrogen (secondary N) is 1. The van der Waals surface area contributed by atoms with Crippen LogP contribution in [0, 0.1) is 13.8 Å². The van der Waals surface area contributed by atoms with Crippen molar-refractivity contribution in [1.29, 1.82) is 0 Å². The van der Waals surface area contributed by atoms with Crippen LogP contribution in [-0.2, 0) is 27.9 Å². The molecule has 1 atom stereocenters. The topological polar surface area (TPSA) is 69.7 Å². The maximum atomic E-state index is 13.0. The first-order valence-electron chi connectivity index (χ1n) is 11.3. The average Bonchev–Trinajstić information content (AvgIpc) is 2.72. The standard InChI is InChI=1S/C25H35N3O3S/c1-19-14-20(2)16-24(15-19)28(32(4,30)31)21(3)25(29)26-17-22-10-6-7-11-23(22)18-27-12-8-5-9-13-27/h6-7,10-11,14-16,21H,5,8-9,12-13,17-18H2,1-4H3,(H,26,29). The van der Waals surface area contributed by atoms with E-state index in [1.165, 1.54) is 29.1 Å². The van der Waals surface area contributed by atoms with E-state index in [2.05, 4.69) is 16.3 Å². The fourth-order valence-electron chi connectivity index (χ4n) is 4.46. The van der Waals surface area contributed by atoms with Gasteiger partial charge in [0.1, 0.15) is 6.04 Å². The van der Waals surface area contributed by atoms with Gasteiger partial charge < -0.3 is 5.32 Å². The van der Waals surface area contributed by atoms with Crippen molar-refractivity contribution < 1.29 is 13.2 Å². The van der Waals surface area contributed by atoms with Crippen molar-refractivity contribution in [1.82, 2.24) is 10.2 Å². The van der Waals surface area contributed by atoms with Crippen LogP contribution in [0.1, 0.15) is 48.4 Å². The molecule has 0 aliphatic carbocycles. The minimum absolute atomic E-state index is 0.317. The highest BCUT2D eigenvalue weighted by atomic mass is 32.2. The summed E-state index contributed by atoms with van der Waals surface area (Å²) in [5.41, 5.74) is 4.69. The highest BCUT2D eigenvalue weighted by molar-refractivity contribution is 7.92. The maximum Gasteiger partial charge on any atom is 0.243 e. The summed E-state index contributed by atoms with van der Waals surface area (Å²) in [6.45, 7) is 8.93. The lowest BCUT2D eigenvalue weighted by Crippen LogP contribution is -2.47. The number of benzene rings is 2. The normalized spacial score (nSPS) is 15.9. The second-order valence-electron chi connectivity index (χ2n) is 8.90. The molecule has 1 heterocycles. The average molecular weight is 458 g/mol. The fraction of sp³-hybridized carbons (Fsp3) is 0.480. The number of nitrogens with zero attached hydrogens (tertiary/aromatic N) is 2. The molecule has 0 aromatic heterocycles. The number of likely N-dealkylation sites (tertiary alicyclic amines) is 1. The molecule has 32 heavy (non-hydrogen) atoms. The summed E-state index contributed by atoms with van der Waals surface area (Å²) in [5, 5.41) is 2.96. The molecule has 7 heteroatoms. The first-order valence-corrected chi connectivity index (χ1v) is 13.1. The van der Waals surface area contributed by atoms with Crippen molar-refractivity contribution in [3.05, 3.63) is 64.7 Å². The zero-order valence-corrected chi connectivity index (χ0v) is 20.4. The largest absolute Gasteiger partial charge is 0.350 e. The van der Waals surface area contributed by atoms with Crippen molar-refractivity contribution in [3.63, 3.8) is 0 Å². The highest BCUT2D eigenvalue weighted by Gasteiger charge is 2.29. The van der Waals surface area contributed by atoms with E-state index in [4.69, 9.17) is 0 Å². The van der Waals surface area contributed by atoms with Crippen molar-refractivity contribution in [3.8, 4) is 0 Å². The van der Waals surface area contributed by atoms with Gasteiger partial charge in [-0.15, -0.1) is 0 Å². The molecule has 0 spiro atoms. The third-order valence-corrected chi connectivity index (χ3v) is 7.21. The first-order chi connectivity index (χ1) is 15.1. The van der Waals surface area contributed by atoms with Crippen LogP contribution in [0.15, 0.2) is 42.5 Å². The summed E-state index contributed by atoms with van der Waals surface area (Å²) >= 11 is 0. The monoisotopic (exact) mass is 457 g/mol. The molecule has 3 rings (SSSR count). The summed E-state index contributed by atoms with van der Waals surface area (Å²) in [6.07, 6.45) is 4.90. The Hall–Kier alpha value is -2.38. The molecule has 0 radical (unpaired) electrons. The van der Waals surface area contributed by atoms with Gasteiger partial charge in [-0.1, -0.05) is 36.8 Å². The number of amides is 1. The van der Waals surface area contributed by atoms with Crippen molar-refractivity contribution >= 4 is 21.6 Å². The van der Waals surface area contributed by atoms with E-state index < -0.39 is 16.1 Å². The van der Waals surface area contributed by atoms with E-state index in [1.54, 1.807) is 19.1 Å². The van der Waals surface area contributed by atoms with Gasteiger partial charge in [0.05, 0.1) is 11.9 Å². The Morgan fingerprint density at radius 2 is 1.62 bits per heavy atom. The zero-order chi connectivity index (χ0) is 23.3. The zero-order valence-electron chi connectivity index (χ0n) is 19.6. The van der Waals surface area contributed by atoms with Gasteiger partial charge in [-0.3, -0.25) is 14.0 Å². The second-order valence-corrected chi connectivity index (χ2v) is 10.8. The Morgan fingerprint density at radius 3 is 2.22 bits per heavy atom. The van der Waals surface area contributed by atoms with Gasteiger partial charge in [-0.25, -0.2) is 8.42 Å². The van der Waals surface area contributed by atoms with E-state index in [0.29, 0.717) is 12.2 Å². The maximum absolute atomic E-state index is 13.0. The molecule has 2 aromatic rings. The van der Waals surface area contributed by atoms with Crippen molar-refractivity contribution in [2.75, 3.05) is 23.7 Å². The number of sulfonamides is 1. The number of hydrogen-bond acceptors (Lipinski definition) is 4. The van der Waals surface area contributed by atoms with Crippen molar-refractivity contribution in [2.24, 2.45) is 0 Å². The lowest BCUT2D eigenvalue weighted by molar-refractivity contribution is -0.122. The van der Waals surface area contributed by atoms with Crippen LogP contribution < -0.4 is 9.62 Å². The molecular weight excluding hydrogens is 422 g/mol. The van der Waals surface area contributed by atoms with Crippen LogP contribution in [0.4, 0.5) is 5.69 Å². The predicted octanol–water partition coefficient (Wildman–Crippen LogP) is 3.76. The summed E-state index contributed by atoms with van der Waals surface area (Å²) in [4.78, 5) is 15.5. The molecule has 1 amide bonds. The van der Waals surface area contributed by atoms with Crippen LogP contribution in [0.2, 0.25) is 0 Å². The van der Waals surface area contributed by atoms with E-state index >= 15 is 0 Å². The number of hydrogen-bond donors (Lipinski definition) is 1. The van der Waals surface area contributed by atoms with Gasteiger partial charge in [-0.2, -0.15) is 0 Å². The lowest BCUT2D eigenvalue weighted by atomic mass is 10.0. The number of piperidine rings is 1. The SMILES string of the molecule is Cc1cc(C)cc(N(C(C)C(=O)NCc2ccccc2CN2CCCCC2)S(C)(=O)=O)c1. The minimum Gasteiger partial charge on any atom is -0.350 e. The van der Waals surface area contributed by atoms with Gasteiger partial charge in [0.2, 0.25) is 15.9 Å². The summed E-state index contributed by atoms with van der Waals surface area (Å²) < 4.78 is 26.4. The number of carbonyl (C=O) groups excluding carboxylic acids is 1. The number of rotatable bonds is 8. The van der Waals surface area contributed by atoms with E-state index in [1.807, 2.05) is 38.1 Å². The molecule has 0 saturated carbocycles. The van der Waals surface area contributed by atoms with Gasteiger partial charge >= 0.3 is 0 Å². The smallest absolute Gasteiger partial charge is 0.243 e.